The molecule has 1 saturated heterocycles. The van der Waals surface area contributed by atoms with Crippen LogP contribution in [0, 0.1) is 5.92 Å². The third kappa shape index (κ3) is 5.63. The summed E-state index contributed by atoms with van der Waals surface area (Å²) in [5.74, 6) is -0.861. The van der Waals surface area contributed by atoms with Crippen LogP contribution < -0.4 is 10.1 Å². The molecule has 6 nitrogen and oxygen atoms in total. The van der Waals surface area contributed by atoms with Crippen LogP contribution in [0.4, 0.5) is 13.2 Å². The highest BCUT2D eigenvalue weighted by Crippen LogP contribution is 2.32. The molecule has 1 unspecified atom stereocenters. The number of ether oxygens (including phenoxy) is 1. The molecule has 1 amide bonds. The van der Waals surface area contributed by atoms with Gasteiger partial charge in [0.25, 0.3) is 0 Å². The van der Waals surface area contributed by atoms with Crippen molar-refractivity contribution in [1.29, 1.82) is 0 Å². The van der Waals surface area contributed by atoms with E-state index in [0.29, 0.717) is 12.8 Å². The standard InChI is InChI=1S/C19H25F3N2O4S/c20-19(21,22)28-16-10-4-5-11-17(16)29(26,27)24-12-6-9-15(13-24)23-18(25)14-7-2-1-3-8-14/h4-5,10-11,14-15H,1-3,6-9,12-13H2,(H,23,25). The Morgan fingerprint density at radius 3 is 2.45 bits per heavy atom. The molecule has 1 aromatic carbocycles. The van der Waals surface area contributed by atoms with Gasteiger partial charge < -0.3 is 10.1 Å². The van der Waals surface area contributed by atoms with Gasteiger partial charge in [0, 0.05) is 25.0 Å². The number of sulfonamides is 1. The fraction of sp³-hybridized carbons (Fsp3) is 0.632. The maximum atomic E-state index is 13.0. The van der Waals surface area contributed by atoms with Crippen LogP contribution in [0.5, 0.6) is 5.75 Å². The molecule has 10 heteroatoms. The molecule has 1 heterocycles. The molecule has 0 bridgehead atoms. The smallest absolute Gasteiger partial charge is 0.404 e. The van der Waals surface area contributed by atoms with Gasteiger partial charge in [-0.3, -0.25) is 4.79 Å². The molecular weight excluding hydrogens is 409 g/mol. The first-order valence-corrected chi connectivity index (χ1v) is 11.3. The number of hydrogen-bond donors (Lipinski definition) is 1. The zero-order valence-corrected chi connectivity index (χ0v) is 16.8. The zero-order chi connectivity index (χ0) is 21.1. The van der Waals surface area contributed by atoms with Crippen LogP contribution >= 0.6 is 0 Å². The molecule has 0 aromatic heterocycles. The maximum absolute atomic E-state index is 13.0. The Morgan fingerprint density at radius 1 is 1.07 bits per heavy atom. The number of para-hydroxylation sites is 1. The van der Waals surface area contributed by atoms with Crippen molar-refractivity contribution >= 4 is 15.9 Å². The lowest BCUT2D eigenvalue weighted by Crippen LogP contribution is -2.50. The Kier molecular flexibility index (Phi) is 6.72. The summed E-state index contributed by atoms with van der Waals surface area (Å²) in [6, 6.07) is 4.35. The number of benzene rings is 1. The van der Waals surface area contributed by atoms with Crippen LogP contribution in [0.2, 0.25) is 0 Å². The summed E-state index contributed by atoms with van der Waals surface area (Å²) >= 11 is 0. The molecule has 3 rings (SSSR count). The van der Waals surface area contributed by atoms with Gasteiger partial charge in [0.05, 0.1) is 0 Å². The highest BCUT2D eigenvalue weighted by atomic mass is 32.2. The molecule has 0 spiro atoms. The summed E-state index contributed by atoms with van der Waals surface area (Å²) in [5, 5.41) is 2.94. The number of piperidine rings is 1. The first-order chi connectivity index (χ1) is 13.7. The Labute approximate surface area is 168 Å². The lowest BCUT2D eigenvalue weighted by Gasteiger charge is -2.33. The van der Waals surface area contributed by atoms with Gasteiger partial charge in [0.15, 0.2) is 0 Å². The van der Waals surface area contributed by atoms with Crippen molar-refractivity contribution in [2.75, 3.05) is 13.1 Å². The molecule has 1 aliphatic carbocycles. The molecule has 162 valence electrons. The van der Waals surface area contributed by atoms with Crippen molar-refractivity contribution in [2.45, 2.75) is 62.2 Å². The Balaban J connectivity index is 1.72. The van der Waals surface area contributed by atoms with Crippen molar-refractivity contribution in [3.63, 3.8) is 0 Å². The van der Waals surface area contributed by atoms with Crippen molar-refractivity contribution in [3.8, 4) is 5.75 Å². The van der Waals surface area contributed by atoms with Gasteiger partial charge in [0.1, 0.15) is 10.6 Å². The van der Waals surface area contributed by atoms with Crippen molar-refractivity contribution in [3.05, 3.63) is 24.3 Å². The van der Waals surface area contributed by atoms with Crippen LogP contribution in [0.15, 0.2) is 29.2 Å². The fourth-order valence-electron chi connectivity index (χ4n) is 3.97. The number of nitrogens with zero attached hydrogens (tertiary/aromatic N) is 1. The first kappa shape index (κ1) is 21.9. The van der Waals surface area contributed by atoms with Gasteiger partial charge in [-0.1, -0.05) is 31.4 Å². The quantitative estimate of drug-likeness (QED) is 0.771. The normalized spacial score (nSPS) is 22.2. The summed E-state index contributed by atoms with van der Waals surface area (Å²) in [4.78, 5) is 11.9. The number of rotatable bonds is 5. The molecule has 0 radical (unpaired) electrons. The van der Waals surface area contributed by atoms with E-state index in [1.165, 1.54) is 12.1 Å². The molecule has 2 fully saturated rings. The highest BCUT2D eigenvalue weighted by Gasteiger charge is 2.37. The number of amides is 1. The van der Waals surface area contributed by atoms with E-state index < -0.39 is 27.0 Å². The maximum Gasteiger partial charge on any atom is 0.573 e. The van der Waals surface area contributed by atoms with E-state index in [-0.39, 0.29) is 31.0 Å². The third-order valence-electron chi connectivity index (χ3n) is 5.40. The van der Waals surface area contributed by atoms with E-state index in [1.54, 1.807) is 0 Å². The molecule has 29 heavy (non-hydrogen) atoms. The molecule has 1 N–H and O–H groups in total. The van der Waals surface area contributed by atoms with Crippen molar-refractivity contribution in [1.82, 2.24) is 9.62 Å². The lowest BCUT2D eigenvalue weighted by atomic mass is 9.88. The number of nitrogens with one attached hydrogen (secondary N) is 1. The zero-order valence-electron chi connectivity index (χ0n) is 16.0. The molecule has 2 aliphatic rings. The SMILES string of the molecule is O=C(NC1CCCN(S(=O)(=O)c2ccccc2OC(F)(F)F)C1)C1CCCCC1. The number of carbonyl (C=O) groups is 1. The Morgan fingerprint density at radius 2 is 1.76 bits per heavy atom. The van der Waals surface area contributed by atoms with Gasteiger partial charge >= 0.3 is 6.36 Å². The monoisotopic (exact) mass is 434 g/mol. The number of carbonyl (C=O) groups excluding carboxylic acids is 1. The molecule has 1 aromatic rings. The van der Waals surface area contributed by atoms with Crippen molar-refractivity contribution < 1.29 is 31.1 Å². The molecular formula is C19H25F3N2O4S. The highest BCUT2D eigenvalue weighted by molar-refractivity contribution is 7.89. The minimum atomic E-state index is -5.00. The molecule has 1 atom stereocenters. The lowest BCUT2D eigenvalue weighted by molar-refractivity contribution is -0.275. The number of halogens is 3. The van der Waals surface area contributed by atoms with Crippen molar-refractivity contribution in [2.24, 2.45) is 5.92 Å². The Bertz CT molecular complexity index is 823. The second kappa shape index (κ2) is 8.91. The van der Waals surface area contributed by atoms with Crippen LogP contribution in [0.1, 0.15) is 44.9 Å². The van der Waals surface area contributed by atoms with E-state index in [4.69, 9.17) is 0 Å². The van der Waals surface area contributed by atoms with Gasteiger partial charge in [-0.05, 0) is 37.8 Å². The van der Waals surface area contributed by atoms with E-state index >= 15 is 0 Å². The van der Waals surface area contributed by atoms with Crippen LogP contribution in [-0.2, 0) is 14.8 Å². The molecule has 1 aliphatic heterocycles. The van der Waals surface area contributed by atoms with E-state index in [9.17, 15) is 26.4 Å². The topological polar surface area (TPSA) is 75.7 Å². The van der Waals surface area contributed by atoms with E-state index in [2.05, 4.69) is 10.1 Å². The predicted octanol–water partition coefficient (Wildman–Crippen LogP) is 3.43. The second-order valence-electron chi connectivity index (χ2n) is 7.54. The van der Waals surface area contributed by atoms with E-state index in [1.807, 2.05) is 0 Å². The molecule has 1 saturated carbocycles. The summed E-state index contributed by atoms with van der Waals surface area (Å²) in [7, 11) is -4.20. The summed E-state index contributed by atoms with van der Waals surface area (Å²) in [5.41, 5.74) is 0. The predicted molar refractivity (Wildman–Crippen MR) is 99.6 cm³/mol. The fourth-order valence-corrected chi connectivity index (χ4v) is 5.61. The van der Waals surface area contributed by atoms with Gasteiger partial charge in [0.2, 0.25) is 15.9 Å². The van der Waals surface area contributed by atoms with Gasteiger partial charge in [-0.25, -0.2) is 8.42 Å². The summed E-state index contributed by atoms with van der Waals surface area (Å²) in [6.45, 7) is 0.208. The third-order valence-corrected chi connectivity index (χ3v) is 7.30. The number of hydrogen-bond acceptors (Lipinski definition) is 4. The second-order valence-corrected chi connectivity index (χ2v) is 9.45. The summed E-state index contributed by atoms with van der Waals surface area (Å²) < 4.78 is 69.0. The van der Waals surface area contributed by atoms with Crippen LogP contribution in [-0.4, -0.2) is 44.1 Å². The van der Waals surface area contributed by atoms with Crippen LogP contribution in [0.25, 0.3) is 0 Å². The first-order valence-electron chi connectivity index (χ1n) is 9.82. The average Bonchev–Trinajstić information content (AvgIpc) is 2.68. The van der Waals surface area contributed by atoms with Crippen LogP contribution in [0.3, 0.4) is 0 Å². The van der Waals surface area contributed by atoms with Gasteiger partial charge in [-0.15, -0.1) is 13.2 Å². The summed E-state index contributed by atoms with van der Waals surface area (Å²) in [6.07, 6.45) is 0.967. The Hall–Kier alpha value is -1.81. The van der Waals surface area contributed by atoms with Gasteiger partial charge in [-0.2, -0.15) is 4.31 Å². The number of alkyl halides is 3. The largest absolute Gasteiger partial charge is 0.573 e. The average molecular weight is 434 g/mol. The minimum absolute atomic E-state index is 0.0289. The van der Waals surface area contributed by atoms with E-state index in [0.717, 1.165) is 48.5 Å². The minimum Gasteiger partial charge on any atom is -0.404 e.